The summed E-state index contributed by atoms with van der Waals surface area (Å²) in [5.74, 6) is 0.293. The standard InChI is InChI=1S/C19H23N5O2/c1-14-12-18(26-22-14)21-19(25)15(2)23-8-3-9-24(11-10-23)17-6-4-16(13-20)5-7-17/h4-7,12,15H,3,8-11H2,1-2H3,(H,21,25)/t15-/m1/s1. The number of anilines is 2. The number of carbonyl (C=O) groups is 1. The van der Waals surface area contributed by atoms with E-state index >= 15 is 0 Å². The van der Waals surface area contributed by atoms with Gasteiger partial charge >= 0.3 is 0 Å². The molecule has 1 aromatic carbocycles. The van der Waals surface area contributed by atoms with Crippen LogP contribution in [0.4, 0.5) is 11.6 Å². The molecular formula is C19H23N5O2. The molecule has 1 atom stereocenters. The zero-order valence-electron chi connectivity index (χ0n) is 15.1. The van der Waals surface area contributed by atoms with Crippen molar-refractivity contribution in [2.75, 3.05) is 36.4 Å². The van der Waals surface area contributed by atoms with Gasteiger partial charge in [0.1, 0.15) is 0 Å². The van der Waals surface area contributed by atoms with Gasteiger partial charge in [0.25, 0.3) is 0 Å². The first kappa shape index (κ1) is 18.0. The molecular weight excluding hydrogens is 330 g/mol. The Labute approximate surface area is 153 Å². The molecule has 1 aliphatic rings. The van der Waals surface area contributed by atoms with Gasteiger partial charge in [0.15, 0.2) is 0 Å². The molecule has 136 valence electrons. The lowest BCUT2D eigenvalue weighted by Gasteiger charge is -2.27. The molecule has 0 aliphatic carbocycles. The Kier molecular flexibility index (Phi) is 5.54. The van der Waals surface area contributed by atoms with Crippen LogP contribution in [0.25, 0.3) is 0 Å². The average molecular weight is 353 g/mol. The SMILES string of the molecule is Cc1cc(NC(=O)[C@@H](C)N2CCCN(c3ccc(C#N)cc3)CC2)on1. The van der Waals surface area contributed by atoms with Gasteiger partial charge in [-0.05, 0) is 44.5 Å². The molecule has 0 radical (unpaired) electrons. The first-order chi connectivity index (χ1) is 12.6. The summed E-state index contributed by atoms with van der Waals surface area (Å²) in [4.78, 5) is 17.0. The Hall–Kier alpha value is -2.85. The molecule has 7 nitrogen and oxygen atoms in total. The molecule has 2 heterocycles. The maximum absolute atomic E-state index is 12.5. The Morgan fingerprint density at radius 2 is 2.04 bits per heavy atom. The number of amides is 1. The van der Waals surface area contributed by atoms with Crippen LogP contribution in [0.1, 0.15) is 24.6 Å². The van der Waals surface area contributed by atoms with Gasteiger partial charge in [-0.3, -0.25) is 15.0 Å². The molecule has 0 unspecified atom stereocenters. The summed E-state index contributed by atoms with van der Waals surface area (Å²) in [6.07, 6.45) is 0.971. The molecule has 1 aliphatic heterocycles. The zero-order chi connectivity index (χ0) is 18.5. The molecule has 0 saturated carbocycles. The fourth-order valence-electron chi connectivity index (χ4n) is 3.14. The predicted octanol–water partition coefficient (Wildman–Crippen LogP) is 2.39. The highest BCUT2D eigenvalue weighted by atomic mass is 16.5. The van der Waals surface area contributed by atoms with Crippen molar-refractivity contribution in [2.24, 2.45) is 0 Å². The van der Waals surface area contributed by atoms with Gasteiger partial charge in [0.2, 0.25) is 11.8 Å². The van der Waals surface area contributed by atoms with Crippen molar-refractivity contribution in [3.05, 3.63) is 41.6 Å². The minimum Gasteiger partial charge on any atom is -0.370 e. The van der Waals surface area contributed by atoms with Gasteiger partial charge in [0.05, 0.1) is 23.4 Å². The van der Waals surface area contributed by atoms with Crippen LogP contribution in [0, 0.1) is 18.3 Å². The van der Waals surface area contributed by atoms with E-state index in [2.05, 4.69) is 26.3 Å². The molecule has 0 bridgehead atoms. The van der Waals surface area contributed by atoms with E-state index in [4.69, 9.17) is 9.78 Å². The van der Waals surface area contributed by atoms with Crippen molar-refractivity contribution in [3.63, 3.8) is 0 Å². The topological polar surface area (TPSA) is 85.4 Å². The van der Waals surface area contributed by atoms with Gasteiger partial charge in [-0.15, -0.1) is 0 Å². The van der Waals surface area contributed by atoms with Crippen molar-refractivity contribution >= 4 is 17.5 Å². The molecule has 3 rings (SSSR count). The number of nitriles is 1. The molecule has 0 spiro atoms. The van der Waals surface area contributed by atoms with E-state index in [1.165, 1.54) is 0 Å². The normalized spacial score (nSPS) is 16.6. The Bertz CT molecular complexity index is 793. The third kappa shape index (κ3) is 4.21. The summed E-state index contributed by atoms with van der Waals surface area (Å²) in [6.45, 7) is 7.15. The highest BCUT2D eigenvalue weighted by Gasteiger charge is 2.25. The Morgan fingerprint density at radius 1 is 1.27 bits per heavy atom. The van der Waals surface area contributed by atoms with Crippen LogP contribution in [0.15, 0.2) is 34.9 Å². The number of hydrogen-bond acceptors (Lipinski definition) is 6. The van der Waals surface area contributed by atoms with Crippen molar-refractivity contribution in [1.29, 1.82) is 5.26 Å². The summed E-state index contributed by atoms with van der Waals surface area (Å²) >= 11 is 0. The summed E-state index contributed by atoms with van der Waals surface area (Å²) < 4.78 is 5.06. The highest BCUT2D eigenvalue weighted by molar-refractivity contribution is 5.93. The van der Waals surface area contributed by atoms with Gasteiger partial charge in [0, 0.05) is 37.9 Å². The molecule has 1 saturated heterocycles. The van der Waals surface area contributed by atoms with Crippen LogP contribution in [-0.4, -0.2) is 48.2 Å². The second kappa shape index (κ2) is 8.02. The van der Waals surface area contributed by atoms with Crippen molar-refractivity contribution in [1.82, 2.24) is 10.1 Å². The molecule has 7 heteroatoms. The Morgan fingerprint density at radius 3 is 2.69 bits per heavy atom. The third-order valence-corrected chi connectivity index (χ3v) is 4.69. The maximum atomic E-state index is 12.5. The molecule has 1 fully saturated rings. The van der Waals surface area contributed by atoms with Crippen LogP contribution < -0.4 is 10.2 Å². The van der Waals surface area contributed by atoms with E-state index in [-0.39, 0.29) is 11.9 Å². The number of hydrogen-bond donors (Lipinski definition) is 1. The van der Waals surface area contributed by atoms with Crippen molar-refractivity contribution in [2.45, 2.75) is 26.3 Å². The van der Waals surface area contributed by atoms with E-state index in [9.17, 15) is 4.79 Å². The van der Waals surface area contributed by atoms with Crippen LogP contribution in [0.5, 0.6) is 0 Å². The quantitative estimate of drug-likeness (QED) is 0.908. The van der Waals surface area contributed by atoms with Crippen LogP contribution in [-0.2, 0) is 4.79 Å². The minimum atomic E-state index is -0.249. The number of rotatable bonds is 4. The summed E-state index contributed by atoms with van der Waals surface area (Å²) in [7, 11) is 0. The van der Waals surface area contributed by atoms with E-state index in [1.54, 1.807) is 6.07 Å². The second-order valence-electron chi connectivity index (χ2n) is 6.53. The van der Waals surface area contributed by atoms with Crippen molar-refractivity contribution in [3.8, 4) is 6.07 Å². The molecule has 1 aromatic heterocycles. The minimum absolute atomic E-state index is 0.0898. The van der Waals surface area contributed by atoms with E-state index in [1.807, 2.05) is 38.1 Å². The average Bonchev–Trinajstić information content (AvgIpc) is 2.92. The number of aromatic nitrogens is 1. The van der Waals surface area contributed by atoms with Crippen molar-refractivity contribution < 1.29 is 9.32 Å². The van der Waals surface area contributed by atoms with Crippen LogP contribution in [0.3, 0.4) is 0 Å². The Balaban J connectivity index is 1.58. The van der Waals surface area contributed by atoms with Crippen LogP contribution >= 0.6 is 0 Å². The molecule has 1 N–H and O–H groups in total. The third-order valence-electron chi connectivity index (χ3n) is 4.69. The predicted molar refractivity (Wildman–Crippen MR) is 98.9 cm³/mol. The zero-order valence-corrected chi connectivity index (χ0v) is 15.1. The molecule has 1 amide bonds. The highest BCUT2D eigenvalue weighted by Crippen LogP contribution is 2.18. The smallest absolute Gasteiger partial charge is 0.243 e. The number of benzene rings is 1. The number of aryl methyl sites for hydroxylation is 1. The summed E-state index contributed by atoms with van der Waals surface area (Å²) in [5, 5.41) is 15.5. The van der Waals surface area contributed by atoms with Gasteiger partial charge in [-0.25, -0.2) is 0 Å². The number of nitrogens with zero attached hydrogens (tertiary/aromatic N) is 4. The summed E-state index contributed by atoms with van der Waals surface area (Å²) in [5.41, 5.74) is 2.51. The monoisotopic (exact) mass is 353 g/mol. The first-order valence-corrected chi connectivity index (χ1v) is 8.80. The van der Waals surface area contributed by atoms with Gasteiger partial charge in [-0.1, -0.05) is 5.16 Å². The lowest BCUT2D eigenvalue weighted by Crippen LogP contribution is -2.43. The maximum Gasteiger partial charge on any atom is 0.243 e. The fourth-order valence-corrected chi connectivity index (χ4v) is 3.14. The summed E-state index contributed by atoms with van der Waals surface area (Å²) in [6, 6.07) is 11.2. The van der Waals surface area contributed by atoms with Crippen LogP contribution in [0.2, 0.25) is 0 Å². The molecule has 2 aromatic rings. The first-order valence-electron chi connectivity index (χ1n) is 8.80. The van der Waals surface area contributed by atoms with E-state index < -0.39 is 0 Å². The number of carbonyl (C=O) groups excluding carboxylic acids is 1. The van der Waals surface area contributed by atoms with Gasteiger partial charge < -0.3 is 9.42 Å². The van der Waals surface area contributed by atoms with E-state index in [0.717, 1.165) is 44.0 Å². The lowest BCUT2D eigenvalue weighted by atomic mass is 10.2. The molecule has 26 heavy (non-hydrogen) atoms. The van der Waals surface area contributed by atoms with Gasteiger partial charge in [-0.2, -0.15) is 5.26 Å². The second-order valence-corrected chi connectivity index (χ2v) is 6.53. The largest absolute Gasteiger partial charge is 0.370 e. The van der Waals surface area contributed by atoms with E-state index in [0.29, 0.717) is 11.4 Å². The lowest BCUT2D eigenvalue weighted by molar-refractivity contribution is -0.120. The number of nitrogens with one attached hydrogen (secondary N) is 1. The fraction of sp³-hybridized carbons (Fsp3) is 0.421.